The van der Waals surface area contributed by atoms with Crippen molar-refractivity contribution in [1.82, 2.24) is 0 Å². The molecule has 0 radical (unpaired) electrons. The van der Waals surface area contributed by atoms with E-state index in [4.69, 9.17) is 13.9 Å². The number of esters is 1. The van der Waals surface area contributed by atoms with Crippen LogP contribution in [0.3, 0.4) is 0 Å². The maximum atomic E-state index is 11.4. The van der Waals surface area contributed by atoms with E-state index in [2.05, 4.69) is 0 Å². The zero-order valence-corrected chi connectivity index (χ0v) is 11.2. The van der Waals surface area contributed by atoms with E-state index >= 15 is 0 Å². The molecule has 4 heteroatoms. The summed E-state index contributed by atoms with van der Waals surface area (Å²) in [5, 5.41) is 0.936. The number of furan rings is 1. The minimum Gasteiger partial charge on any atom is -0.493 e. The van der Waals surface area contributed by atoms with Crippen molar-refractivity contribution in [3.63, 3.8) is 0 Å². The fraction of sp³-hybridized carbons (Fsp3) is 0.267. The highest BCUT2D eigenvalue weighted by Gasteiger charge is 2.10. The quantitative estimate of drug-likeness (QED) is 0.624. The van der Waals surface area contributed by atoms with Crippen LogP contribution in [-0.2, 0) is 9.53 Å². The first kappa shape index (κ1) is 13.2. The van der Waals surface area contributed by atoms with E-state index in [-0.39, 0.29) is 5.97 Å². The Morgan fingerprint density at radius 1 is 1.42 bits per heavy atom. The van der Waals surface area contributed by atoms with Crippen molar-refractivity contribution in [2.45, 2.75) is 13.8 Å². The molecule has 1 aromatic carbocycles. The molecule has 2 aromatic rings. The standard InChI is InChI=1S/C15H16O4/c1-4-18-14(16)8-10(2)13-9-11-6-5-7-12(17-3)15(11)19-13/h5-9H,4H2,1-3H3/b10-8+. The molecule has 19 heavy (non-hydrogen) atoms. The van der Waals surface area contributed by atoms with Crippen molar-refractivity contribution in [3.05, 3.63) is 36.1 Å². The Hall–Kier alpha value is -2.23. The van der Waals surface area contributed by atoms with Gasteiger partial charge >= 0.3 is 5.97 Å². The van der Waals surface area contributed by atoms with Crippen LogP contribution in [0.2, 0.25) is 0 Å². The molecule has 4 nitrogen and oxygen atoms in total. The number of hydrogen-bond donors (Lipinski definition) is 0. The first-order valence-corrected chi connectivity index (χ1v) is 6.07. The molecule has 0 atom stereocenters. The molecular formula is C15H16O4. The zero-order valence-electron chi connectivity index (χ0n) is 11.2. The predicted molar refractivity (Wildman–Crippen MR) is 73.1 cm³/mol. The summed E-state index contributed by atoms with van der Waals surface area (Å²) in [7, 11) is 1.60. The van der Waals surface area contributed by atoms with Crippen LogP contribution in [0.15, 0.2) is 34.8 Å². The van der Waals surface area contributed by atoms with Gasteiger partial charge in [0.2, 0.25) is 0 Å². The normalized spacial score (nSPS) is 11.6. The first-order chi connectivity index (χ1) is 9.15. The molecule has 100 valence electrons. The lowest BCUT2D eigenvalue weighted by atomic mass is 10.2. The largest absolute Gasteiger partial charge is 0.493 e. The minimum atomic E-state index is -0.368. The number of carbonyl (C=O) groups is 1. The smallest absolute Gasteiger partial charge is 0.331 e. The third-order valence-electron chi connectivity index (χ3n) is 2.74. The Morgan fingerprint density at radius 3 is 2.89 bits per heavy atom. The van der Waals surface area contributed by atoms with Gasteiger partial charge in [-0.15, -0.1) is 0 Å². The van der Waals surface area contributed by atoms with Gasteiger partial charge in [0.15, 0.2) is 11.3 Å². The summed E-state index contributed by atoms with van der Waals surface area (Å²) >= 11 is 0. The maximum absolute atomic E-state index is 11.4. The average Bonchev–Trinajstić information content (AvgIpc) is 2.82. The second-order valence-electron chi connectivity index (χ2n) is 4.07. The van der Waals surface area contributed by atoms with Crippen molar-refractivity contribution >= 4 is 22.5 Å². The zero-order chi connectivity index (χ0) is 13.8. The van der Waals surface area contributed by atoms with Crippen LogP contribution in [0.5, 0.6) is 5.75 Å². The first-order valence-electron chi connectivity index (χ1n) is 6.07. The van der Waals surface area contributed by atoms with Gasteiger partial charge in [0.25, 0.3) is 0 Å². The molecule has 0 aliphatic rings. The summed E-state index contributed by atoms with van der Waals surface area (Å²) in [4.78, 5) is 11.4. The second kappa shape index (κ2) is 5.61. The Morgan fingerprint density at radius 2 is 2.21 bits per heavy atom. The summed E-state index contributed by atoms with van der Waals surface area (Å²) < 4.78 is 15.8. The van der Waals surface area contributed by atoms with Gasteiger partial charge in [0.1, 0.15) is 5.76 Å². The summed E-state index contributed by atoms with van der Waals surface area (Å²) in [5.74, 6) is 0.938. The van der Waals surface area contributed by atoms with Crippen LogP contribution in [0.4, 0.5) is 0 Å². The van der Waals surface area contributed by atoms with Crippen LogP contribution in [0.1, 0.15) is 19.6 Å². The number of para-hydroxylation sites is 1. The molecule has 1 aromatic heterocycles. The van der Waals surface area contributed by atoms with Gasteiger partial charge in [-0.25, -0.2) is 4.79 Å². The Balaban J connectivity index is 2.38. The maximum Gasteiger partial charge on any atom is 0.331 e. The van der Waals surface area contributed by atoms with Gasteiger partial charge in [-0.2, -0.15) is 0 Å². The number of allylic oxidation sites excluding steroid dienone is 1. The van der Waals surface area contributed by atoms with Crippen LogP contribution in [0.25, 0.3) is 16.5 Å². The van der Waals surface area contributed by atoms with Gasteiger partial charge in [-0.05, 0) is 31.6 Å². The molecule has 0 saturated carbocycles. The number of rotatable bonds is 4. The molecule has 2 rings (SSSR count). The van der Waals surface area contributed by atoms with Crippen molar-refractivity contribution in [2.75, 3.05) is 13.7 Å². The average molecular weight is 260 g/mol. The topological polar surface area (TPSA) is 48.7 Å². The van der Waals surface area contributed by atoms with Gasteiger partial charge in [0, 0.05) is 11.5 Å². The molecule has 0 unspecified atom stereocenters. The van der Waals surface area contributed by atoms with E-state index in [0.717, 1.165) is 11.0 Å². The molecule has 0 aliphatic heterocycles. The fourth-order valence-electron chi connectivity index (χ4n) is 1.82. The number of ether oxygens (including phenoxy) is 2. The lowest BCUT2D eigenvalue weighted by Gasteiger charge is -1.99. The Kier molecular flexibility index (Phi) is 3.90. The lowest BCUT2D eigenvalue weighted by molar-refractivity contribution is -0.137. The minimum absolute atomic E-state index is 0.358. The molecule has 0 N–H and O–H groups in total. The molecule has 0 bridgehead atoms. The van der Waals surface area contributed by atoms with E-state index < -0.39 is 0 Å². The molecule has 1 heterocycles. The van der Waals surface area contributed by atoms with E-state index in [1.807, 2.05) is 24.3 Å². The van der Waals surface area contributed by atoms with Gasteiger partial charge in [-0.3, -0.25) is 0 Å². The molecular weight excluding hydrogens is 244 g/mol. The SMILES string of the molecule is CCOC(=O)/C=C(\C)c1cc2cccc(OC)c2o1. The van der Waals surface area contributed by atoms with E-state index in [1.165, 1.54) is 6.08 Å². The highest BCUT2D eigenvalue weighted by atomic mass is 16.5. The van der Waals surface area contributed by atoms with Crippen molar-refractivity contribution < 1.29 is 18.7 Å². The molecule has 0 aliphatic carbocycles. The molecule has 0 saturated heterocycles. The summed E-state index contributed by atoms with van der Waals surface area (Å²) in [5.41, 5.74) is 1.40. The summed E-state index contributed by atoms with van der Waals surface area (Å²) in [6.45, 7) is 3.94. The molecule has 0 spiro atoms. The van der Waals surface area contributed by atoms with Crippen molar-refractivity contribution in [1.29, 1.82) is 0 Å². The van der Waals surface area contributed by atoms with Crippen LogP contribution < -0.4 is 4.74 Å². The number of fused-ring (bicyclic) bond motifs is 1. The lowest BCUT2D eigenvalue weighted by Crippen LogP contribution is -1.99. The van der Waals surface area contributed by atoms with E-state index in [0.29, 0.717) is 23.7 Å². The number of methoxy groups -OCH3 is 1. The third kappa shape index (κ3) is 2.78. The Labute approximate surface area is 111 Å². The summed E-state index contributed by atoms with van der Waals surface area (Å²) in [6, 6.07) is 7.54. The monoisotopic (exact) mass is 260 g/mol. The Bertz CT molecular complexity index is 622. The number of benzene rings is 1. The van der Waals surface area contributed by atoms with Gasteiger partial charge < -0.3 is 13.9 Å². The third-order valence-corrected chi connectivity index (χ3v) is 2.74. The van der Waals surface area contributed by atoms with Crippen molar-refractivity contribution in [3.8, 4) is 5.75 Å². The van der Waals surface area contributed by atoms with Crippen LogP contribution >= 0.6 is 0 Å². The van der Waals surface area contributed by atoms with Crippen LogP contribution in [0, 0.1) is 0 Å². The van der Waals surface area contributed by atoms with Crippen LogP contribution in [-0.4, -0.2) is 19.7 Å². The van der Waals surface area contributed by atoms with Gasteiger partial charge in [0.05, 0.1) is 13.7 Å². The van der Waals surface area contributed by atoms with Gasteiger partial charge in [-0.1, -0.05) is 12.1 Å². The summed E-state index contributed by atoms with van der Waals surface area (Å²) in [6.07, 6.45) is 1.42. The molecule has 0 fully saturated rings. The predicted octanol–water partition coefficient (Wildman–Crippen LogP) is 3.41. The highest BCUT2D eigenvalue weighted by molar-refractivity contribution is 5.92. The second-order valence-corrected chi connectivity index (χ2v) is 4.07. The van der Waals surface area contributed by atoms with E-state index in [1.54, 1.807) is 21.0 Å². The van der Waals surface area contributed by atoms with Crippen molar-refractivity contribution in [2.24, 2.45) is 0 Å². The fourth-order valence-corrected chi connectivity index (χ4v) is 1.82. The highest BCUT2D eigenvalue weighted by Crippen LogP contribution is 2.31. The number of carbonyl (C=O) groups excluding carboxylic acids is 1. The number of hydrogen-bond acceptors (Lipinski definition) is 4. The van der Waals surface area contributed by atoms with E-state index in [9.17, 15) is 4.79 Å². The molecule has 0 amide bonds.